The van der Waals surface area contributed by atoms with E-state index >= 15 is 0 Å². The van der Waals surface area contributed by atoms with Crippen LogP contribution in [-0.4, -0.2) is 5.33 Å². The van der Waals surface area contributed by atoms with Gasteiger partial charge in [-0.25, -0.2) is 8.78 Å². The van der Waals surface area contributed by atoms with E-state index in [1.54, 1.807) is 0 Å². The highest BCUT2D eigenvalue weighted by molar-refractivity contribution is 9.09. The van der Waals surface area contributed by atoms with E-state index in [1.165, 1.54) is 49.8 Å². The van der Waals surface area contributed by atoms with E-state index in [1.807, 2.05) is 12.1 Å². The molecule has 2 aromatic carbocycles. The third kappa shape index (κ3) is 4.00. The lowest BCUT2D eigenvalue weighted by atomic mass is 9.77. The van der Waals surface area contributed by atoms with Crippen LogP contribution in [0.25, 0.3) is 11.1 Å². The van der Waals surface area contributed by atoms with E-state index < -0.39 is 16.7 Å². The van der Waals surface area contributed by atoms with Gasteiger partial charge in [-0.15, -0.1) is 0 Å². The average molecular weight is 414 g/mol. The largest absolute Gasteiger partial charge is 0.205 e. The van der Waals surface area contributed by atoms with E-state index in [4.69, 9.17) is 11.6 Å². The second-order valence-corrected chi connectivity index (χ2v) is 7.74. The Balaban J connectivity index is 1.72. The summed E-state index contributed by atoms with van der Waals surface area (Å²) in [5.74, 6) is 0.00551. The van der Waals surface area contributed by atoms with Crippen LogP contribution in [0.5, 0.6) is 0 Å². The molecule has 0 spiro atoms. The van der Waals surface area contributed by atoms with Gasteiger partial charge >= 0.3 is 0 Å². The highest BCUT2D eigenvalue weighted by Gasteiger charge is 2.22. The molecular weight excluding hydrogens is 394 g/mol. The van der Waals surface area contributed by atoms with Gasteiger partial charge in [-0.2, -0.15) is 0 Å². The molecule has 0 unspecified atom stereocenters. The molecule has 1 saturated carbocycles. The smallest absolute Gasteiger partial charge is 0.145 e. The summed E-state index contributed by atoms with van der Waals surface area (Å²) >= 11 is 9.07. The van der Waals surface area contributed by atoms with Gasteiger partial charge in [0.15, 0.2) is 0 Å². The van der Waals surface area contributed by atoms with Crippen molar-refractivity contribution < 1.29 is 8.78 Å². The second kappa shape index (κ2) is 7.97. The molecule has 0 radical (unpaired) electrons. The zero-order valence-electron chi connectivity index (χ0n) is 13.4. The fraction of sp³-hybridized carbons (Fsp3) is 0.400. The fourth-order valence-electron chi connectivity index (χ4n) is 3.61. The van der Waals surface area contributed by atoms with E-state index in [2.05, 4.69) is 28.1 Å². The molecule has 0 atom stereocenters. The molecule has 1 aliphatic rings. The Hall–Kier alpha value is -0.930. The summed E-state index contributed by atoms with van der Waals surface area (Å²) in [6.45, 7) is 0. The Bertz CT molecular complexity index is 668. The molecule has 0 bridgehead atoms. The van der Waals surface area contributed by atoms with Crippen molar-refractivity contribution in [1.82, 2.24) is 0 Å². The van der Waals surface area contributed by atoms with Crippen LogP contribution in [0.3, 0.4) is 0 Å². The number of rotatable bonds is 4. The van der Waals surface area contributed by atoms with E-state index in [9.17, 15) is 8.78 Å². The number of benzene rings is 2. The predicted molar refractivity (Wildman–Crippen MR) is 99.9 cm³/mol. The minimum absolute atomic E-state index is 0.449. The lowest BCUT2D eigenvalue weighted by Crippen LogP contribution is -2.13. The minimum atomic E-state index is -0.721. The standard InChI is InChI=1S/C20H20BrClF2/c21-10-9-13-1-3-14(4-2-13)15-5-7-16(8-6-15)17-11-18(23)20(22)19(24)12-17/h5-8,11-14H,1-4,9-10H2/t13-,14-. The summed E-state index contributed by atoms with van der Waals surface area (Å²) in [6, 6.07) is 10.6. The Labute approximate surface area is 155 Å². The van der Waals surface area contributed by atoms with Gasteiger partial charge in [0.1, 0.15) is 16.7 Å². The second-order valence-electron chi connectivity index (χ2n) is 6.57. The van der Waals surface area contributed by atoms with Crippen LogP contribution in [0.1, 0.15) is 43.6 Å². The first-order chi connectivity index (χ1) is 11.6. The lowest BCUT2D eigenvalue weighted by molar-refractivity contribution is 0.321. The number of halogens is 4. The van der Waals surface area contributed by atoms with Gasteiger partial charge < -0.3 is 0 Å². The maximum atomic E-state index is 13.6. The molecule has 1 aliphatic carbocycles. The monoisotopic (exact) mass is 412 g/mol. The maximum absolute atomic E-state index is 13.6. The third-order valence-electron chi connectivity index (χ3n) is 5.06. The van der Waals surface area contributed by atoms with Crippen molar-refractivity contribution in [2.24, 2.45) is 5.92 Å². The first-order valence-electron chi connectivity index (χ1n) is 8.39. The van der Waals surface area contributed by atoms with Crippen LogP contribution in [0.4, 0.5) is 8.78 Å². The van der Waals surface area contributed by atoms with Crippen molar-refractivity contribution >= 4 is 27.5 Å². The Kier molecular flexibility index (Phi) is 5.93. The predicted octanol–water partition coefficient (Wildman–Crippen LogP) is 7.34. The summed E-state index contributed by atoms with van der Waals surface area (Å²) < 4.78 is 27.2. The van der Waals surface area contributed by atoms with Crippen molar-refractivity contribution in [3.8, 4) is 11.1 Å². The number of alkyl halides is 1. The molecule has 0 amide bonds. The quantitative estimate of drug-likeness (QED) is 0.363. The Morgan fingerprint density at radius 3 is 2.04 bits per heavy atom. The van der Waals surface area contributed by atoms with Crippen LogP contribution >= 0.6 is 27.5 Å². The molecule has 128 valence electrons. The summed E-state index contributed by atoms with van der Waals surface area (Å²) in [5, 5.41) is 0.640. The van der Waals surface area contributed by atoms with Crippen LogP contribution < -0.4 is 0 Å². The van der Waals surface area contributed by atoms with Crippen LogP contribution in [0.15, 0.2) is 36.4 Å². The van der Waals surface area contributed by atoms with Gasteiger partial charge in [0, 0.05) is 5.33 Å². The molecule has 0 saturated heterocycles. The van der Waals surface area contributed by atoms with Gasteiger partial charge in [-0.05, 0) is 72.8 Å². The van der Waals surface area contributed by atoms with Crippen molar-refractivity contribution in [3.05, 3.63) is 58.6 Å². The Morgan fingerprint density at radius 1 is 0.917 bits per heavy atom. The van der Waals surface area contributed by atoms with Gasteiger partial charge in [0.25, 0.3) is 0 Å². The van der Waals surface area contributed by atoms with Crippen molar-refractivity contribution in [2.75, 3.05) is 5.33 Å². The van der Waals surface area contributed by atoms with Crippen molar-refractivity contribution in [2.45, 2.75) is 38.0 Å². The molecule has 3 rings (SSSR count). The van der Waals surface area contributed by atoms with E-state index in [0.717, 1.165) is 16.8 Å². The average Bonchev–Trinajstić information content (AvgIpc) is 2.60. The summed E-state index contributed by atoms with van der Waals surface area (Å²) in [7, 11) is 0. The number of hydrogen-bond acceptors (Lipinski definition) is 0. The minimum Gasteiger partial charge on any atom is -0.205 e. The highest BCUT2D eigenvalue weighted by atomic mass is 79.9. The molecule has 0 nitrogen and oxygen atoms in total. The summed E-state index contributed by atoms with van der Waals surface area (Å²) in [5.41, 5.74) is 2.65. The molecule has 4 heteroatoms. The lowest BCUT2D eigenvalue weighted by Gasteiger charge is -2.28. The molecular formula is C20H20BrClF2. The zero-order chi connectivity index (χ0) is 17.1. The van der Waals surface area contributed by atoms with Gasteiger partial charge in [0.2, 0.25) is 0 Å². The molecule has 0 aliphatic heterocycles. The van der Waals surface area contributed by atoms with Crippen LogP contribution in [-0.2, 0) is 0 Å². The maximum Gasteiger partial charge on any atom is 0.145 e. The highest BCUT2D eigenvalue weighted by Crippen LogP contribution is 2.38. The summed E-state index contributed by atoms with van der Waals surface area (Å²) in [4.78, 5) is 0. The van der Waals surface area contributed by atoms with Crippen LogP contribution in [0.2, 0.25) is 5.02 Å². The van der Waals surface area contributed by atoms with E-state index in [0.29, 0.717) is 11.5 Å². The van der Waals surface area contributed by atoms with Crippen LogP contribution in [0, 0.1) is 17.6 Å². The topological polar surface area (TPSA) is 0 Å². The SMILES string of the molecule is Fc1cc(-c2ccc([C@H]3CC[C@H](CCBr)CC3)cc2)cc(F)c1Cl. The Morgan fingerprint density at radius 2 is 1.50 bits per heavy atom. The first kappa shape index (κ1) is 17.9. The molecule has 2 aromatic rings. The van der Waals surface area contributed by atoms with Gasteiger partial charge in [-0.3, -0.25) is 0 Å². The first-order valence-corrected chi connectivity index (χ1v) is 9.89. The molecule has 0 N–H and O–H groups in total. The normalized spacial score (nSPS) is 21.0. The van der Waals surface area contributed by atoms with Crippen molar-refractivity contribution in [1.29, 1.82) is 0 Å². The third-order valence-corrected chi connectivity index (χ3v) is 5.88. The number of hydrogen-bond donors (Lipinski definition) is 0. The zero-order valence-corrected chi connectivity index (χ0v) is 15.7. The molecule has 24 heavy (non-hydrogen) atoms. The molecule has 0 aromatic heterocycles. The van der Waals surface area contributed by atoms with Gasteiger partial charge in [0.05, 0.1) is 0 Å². The van der Waals surface area contributed by atoms with E-state index in [-0.39, 0.29) is 0 Å². The van der Waals surface area contributed by atoms with Gasteiger partial charge in [-0.1, -0.05) is 51.8 Å². The molecule has 0 heterocycles. The fourth-order valence-corrected chi connectivity index (χ4v) is 4.37. The summed E-state index contributed by atoms with van der Waals surface area (Å²) in [6.07, 6.45) is 6.28. The molecule has 1 fully saturated rings. The van der Waals surface area contributed by atoms with Crippen molar-refractivity contribution in [3.63, 3.8) is 0 Å².